The lowest BCUT2D eigenvalue weighted by molar-refractivity contribution is -0.137. The Labute approximate surface area is 114 Å². The summed E-state index contributed by atoms with van der Waals surface area (Å²) < 4.78 is 61.8. The molecule has 1 unspecified atom stereocenters. The van der Waals surface area contributed by atoms with E-state index in [4.69, 9.17) is 0 Å². The van der Waals surface area contributed by atoms with Gasteiger partial charge in [-0.25, -0.2) is 8.42 Å². The highest BCUT2D eigenvalue weighted by Gasteiger charge is 2.34. The second kappa shape index (κ2) is 5.20. The van der Waals surface area contributed by atoms with Crippen molar-refractivity contribution in [2.24, 2.45) is 0 Å². The molecule has 2 rings (SSSR count). The number of benzene rings is 1. The highest BCUT2D eigenvalue weighted by atomic mass is 32.2. The minimum atomic E-state index is -4.50. The zero-order valence-corrected chi connectivity index (χ0v) is 11.3. The maximum atomic E-state index is 12.4. The van der Waals surface area contributed by atoms with Gasteiger partial charge < -0.3 is 0 Å². The van der Waals surface area contributed by atoms with E-state index in [1.54, 1.807) is 0 Å². The molecular formula is C13H13F3O3S. The average Bonchev–Trinajstić information content (AvgIpc) is 2.38. The summed E-state index contributed by atoms with van der Waals surface area (Å²) in [6.07, 6.45) is -3.30. The molecule has 1 aromatic rings. The van der Waals surface area contributed by atoms with Crippen molar-refractivity contribution in [2.45, 2.75) is 42.0 Å². The molecule has 1 aliphatic carbocycles. The van der Waals surface area contributed by atoms with E-state index in [0.717, 1.165) is 24.3 Å². The number of hydrogen-bond acceptors (Lipinski definition) is 3. The number of sulfone groups is 1. The number of rotatable bonds is 2. The Morgan fingerprint density at radius 1 is 1.10 bits per heavy atom. The topological polar surface area (TPSA) is 51.2 Å². The van der Waals surface area contributed by atoms with Gasteiger partial charge in [0.1, 0.15) is 5.78 Å². The first-order valence-corrected chi connectivity index (χ1v) is 7.69. The standard InChI is InChI=1S/C13H13F3O3S/c14-13(15,16)9-4-6-11(7-5-9)20(18,19)12-3-1-2-10(17)8-12/h4-7,12H,1-3,8H2. The Hall–Kier alpha value is -1.37. The zero-order valence-electron chi connectivity index (χ0n) is 10.5. The smallest absolute Gasteiger partial charge is 0.300 e. The quantitative estimate of drug-likeness (QED) is 0.844. The lowest BCUT2D eigenvalue weighted by Gasteiger charge is -2.21. The number of halogens is 3. The first kappa shape index (κ1) is 15.0. The second-order valence-electron chi connectivity index (χ2n) is 4.82. The van der Waals surface area contributed by atoms with Crippen LogP contribution in [0.4, 0.5) is 13.2 Å². The van der Waals surface area contributed by atoms with Crippen molar-refractivity contribution < 1.29 is 26.4 Å². The molecule has 1 fully saturated rings. The molecule has 1 saturated carbocycles. The predicted octanol–water partition coefficient (Wildman–Crippen LogP) is 2.99. The van der Waals surface area contributed by atoms with E-state index in [9.17, 15) is 26.4 Å². The summed E-state index contributed by atoms with van der Waals surface area (Å²) in [7, 11) is -3.75. The van der Waals surface area contributed by atoms with E-state index >= 15 is 0 Å². The molecule has 0 aliphatic heterocycles. The summed E-state index contributed by atoms with van der Waals surface area (Å²) in [4.78, 5) is 11.2. The summed E-state index contributed by atoms with van der Waals surface area (Å²) in [5, 5.41) is -0.819. The molecule has 0 N–H and O–H groups in total. The van der Waals surface area contributed by atoms with Crippen molar-refractivity contribution in [3.8, 4) is 0 Å². The summed E-state index contributed by atoms with van der Waals surface area (Å²) in [5.41, 5.74) is -0.892. The highest BCUT2D eigenvalue weighted by molar-refractivity contribution is 7.92. The van der Waals surface area contributed by atoms with Crippen LogP contribution in [-0.4, -0.2) is 19.5 Å². The summed E-state index contributed by atoms with van der Waals surface area (Å²) >= 11 is 0. The number of hydrogen-bond donors (Lipinski definition) is 0. The number of carbonyl (C=O) groups is 1. The van der Waals surface area contributed by atoms with Crippen molar-refractivity contribution in [3.05, 3.63) is 29.8 Å². The Balaban J connectivity index is 2.28. The van der Waals surface area contributed by atoms with E-state index in [0.29, 0.717) is 19.3 Å². The number of Topliss-reactive ketones (excluding diaryl/α,β-unsaturated/α-hetero) is 1. The molecule has 20 heavy (non-hydrogen) atoms. The van der Waals surface area contributed by atoms with Crippen molar-refractivity contribution in [3.63, 3.8) is 0 Å². The van der Waals surface area contributed by atoms with Gasteiger partial charge in [-0.3, -0.25) is 4.79 Å². The molecule has 7 heteroatoms. The van der Waals surface area contributed by atoms with E-state index in [-0.39, 0.29) is 17.1 Å². The second-order valence-corrected chi connectivity index (χ2v) is 7.05. The first-order valence-electron chi connectivity index (χ1n) is 6.14. The van der Waals surface area contributed by atoms with E-state index in [2.05, 4.69) is 0 Å². The zero-order chi connectivity index (χ0) is 15.0. The van der Waals surface area contributed by atoms with Gasteiger partial charge in [0.05, 0.1) is 15.7 Å². The number of alkyl halides is 3. The normalized spacial score (nSPS) is 20.9. The van der Waals surface area contributed by atoms with Gasteiger partial charge in [0.2, 0.25) is 0 Å². The fraction of sp³-hybridized carbons (Fsp3) is 0.462. The van der Waals surface area contributed by atoms with Crippen LogP contribution in [0.25, 0.3) is 0 Å². The summed E-state index contributed by atoms with van der Waals surface area (Å²) in [5.74, 6) is -0.114. The maximum Gasteiger partial charge on any atom is 0.416 e. The van der Waals surface area contributed by atoms with Crippen LogP contribution in [-0.2, 0) is 20.8 Å². The van der Waals surface area contributed by atoms with Crippen LogP contribution in [0, 0.1) is 0 Å². The SMILES string of the molecule is O=C1CCCC(S(=O)(=O)c2ccc(C(F)(F)F)cc2)C1. The molecule has 3 nitrogen and oxygen atoms in total. The predicted molar refractivity (Wildman–Crippen MR) is 65.9 cm³/mol. The van der Waals surface area contributed by atoms with Crippen LogP contribution in [0.3, 0.4) is 0 Å². The molecule has 0 radical (unpaired) electrons. The molecule has 0 heterocycles. The van der Waals surface area contributed by atoms with Crippen molar-refractivity contribution in [2.75, 3.05) is 0 Å². The molecule has 0 bridgehead atoms. The monoisotopic (exact) mass is 306 g/mol. The molecule has 0 spiro atoms. The lowest BCUT2D eigenvalue weighted by atomic mass is 9.99. The third kappa shape index (κ3) is 3.03. The minimum absolute atomic E-state index is 0.0522. The van der Waals surface area contributed by atoms with E-state index in [1.807, 2.05) is 0 Å². The third-order valence-corrected chi connectivity index (χ3v) is 5.60. The van der Waals surface area contributed by atoms with Crippen LogP contribution in [0.5, 0.6) is 0 Å². The van der Waals surface area contributed by atoms with E-state index < -0.39 is 26.8 Å². The van der Waals surface area contributed by atoms with Gasteiger partial charge in [-0.2, -0.15) is 13.2 Å². The summed E-state index contributed by atoms with van der Waals surface area (Å²) in [6, 6.07) is 3.41. The van der Waals surface area contributed by atoms with Crippen LogP contribution in [0.15, 0.2) is 29.2 Å². The van der Waals surface area contributed by atoms with Gasteiger partial charge in [-0.1, -0.05) is 0 Å². The maximum absolute atomic E-state index is 12.4. The molecule has 1 aromatic carbocycles. The van der Waals surface area contributed by atoms with Crippen LogP contribution in [0.1, 0.15) is 31.2 Å². The first-order chi connectivity index (χ1) is 9.21. The number of ketones is 1. The van der Waals surface area contributed by atoms with Crippen LogP contribution >= 0.6 is 0 Å². The lowest BCUT2D eigenvalue weighted by Crippen LogP contribution is -2.28. The number of carbonyl (C=O) groups excluding carboxylic acids is 1. The molecule has 1 atom stereocenters. The Bertz CT molecular complexity index is 603. The fourth-order valence-electron chi connectivity index (χ4n) is 2.28. The van der Waals surface area contributed by atoms with Gasteiger partial charge in [0.25, 0.3) is 0 Å². The van der Waals surface area contributed by atoms with Crippen molar-refractivity contribution >= 4 is 15.6 Å². The largest absolute Gasteiger partial charge is 0.416 e. The highest BCUT2D eigenvalue weighted by Crippen LogP contribution is 2.32. The molecular weight excluding hydrogens is 293 g/mol. The Morgan fingerprint density at radius 2 is 1.70 bits per heavy atom. The average molecular weight is 306 g/mol. The van der Waals surface area contributed by atoms with E-state index in [1.165, 1.54) is 0 Å². The summed E-state index contributed by atoms with van der Waals surface area (Å²) in [6.45, 7) is 0. The van der Waals surface area contributed by atoms with Gasteiger partial charge in [0, 0.05) is 12.8 Å². The van der Waals surface area contributed by atoms with Gasteiger partial charge >= 0.3 is 6.18 Å². The Morgan fingerprint density at radius 3 is 2.20 bits per heavy atom. The molecule has 0 saturated heterocycles. The molecule has 0 aromatic heterocycles. The van der Waals surface area contributed by atoms with Gasteiger partial charge in [0.15, 0.2) is 9.84 Å². The van der Waals surface area contributed by atoms with Crippen molar-refractivity contribution in [1.29, 1.82) is 0 Å². The fourth-order valence-corrected chi connectivity index (χ4v) is 4.06. The molecule has 0 amide bonds. The molecule has 1 aliphatic rings. The van der Waals surface area contributed by atoms with Crippen LogP contribution in [0.2, 0.25) is 0 Å². The molecule has 110 valence electrons. The van der Waals surface area contributed by atoms with Crippen LogP contribution < -0.4 is 0 Å². The van der Waals surface area contributed by atoms with Gasteiger partial charge in [-0.15, -0.1) is 0 Å². The van der Waals surface area contributed by atoms with Gasteiger partial charge in [-0.05, 0) is 37.1 Å². The third-order valence-electron chi connectivity index (χ3n) is 3.39. The minimum Gasteiger partial charge on any atom is -0.300 e. The Kier molecular flexibility index (Phi) is 3.90. The van der Waals surface area contributed by atoms with Crippen molar-refractivity contribution in [1.82, 2.24) is 0 Å².